The Kier molecular flexibility index (Phi) is 3.85. The SMILES string of the molecule is CC(C)Oc1cccc(-c2nc(C(C)(C)C)n(N)c2N)c1. The normalized spacial score (nSPS) is 11.9. The molecule has 0 saturated heterocycles. The molecule has 0 fully saturated rings. The molecule has 0 saturated carbocycles. The number of hydrogen-bond donors (Lipinski definition) is 2. The third kappa shape index (κ3) is 3.12. The maximum atomic E-state index is 6.12. The molecule has 0 bridgehead atoms. The fourth-order valence-corrected chi connectivity index (χ4v) is 2.18. The third-order valence-electron chi connectivity index (χ3n) is 3.10. The summed E-state index contributed by atoms with van der Waals surface area (Å²) in [5.41, 5.74) is 7.54. The molecule has 0 amide bonds. The van der Waals surface area contributed by atoms with E-state index in [1.54, 1.807) is 0 Å². The predicted octanol–water partition coefficient (Wildman–Crippen LogP) is 2.93. The molecule has 5 nitrogen and oxygen atoms in total. The van der Waals surface area contributed by atoms with E-state index in [9.17, 15) is 0 Å². The summed E-state index contributed by atoms with van der Waals surface area (Å²) >= 11 is 0. The van der Waals surface area contributed by atoms with Crippen LogP contribution in [0, 0.1) is 0 Å². The summed E-state index contributed by atoms with van der Waals surface area (Å²) in [6.45, 7) is 10.2. The zero-order chi connectivity index (χ0) is 15.8. The second kappa shape index (κ2) is 5.31. The number of rotatable bonds is 3. The molecular formula is C16H24N4O. The van der Waals surface area contributed by atoms with Crippen molar-refractivity contribution in [1.82, 2.24) is 9.66 Å². The highest BCUT2D eigenvalue weighted by atomic mass is 16.5. The van der Waals surface area contributed by atoms with Crippen LogP contribution in [0.15, 0.2) is 24.3 Å². The standard InChI is InChI=1S/C16H24N4O/c1-10(2)21-12-8-6-7-11(9-12)13-14(17)20(18)15(19-13)16(3,4)5/h6-10H,17-18H2,1-5H3. The lowest BCUT2D eigenvalue weighted by molar-refractivity contribution is 0.242. The Morgan fingerprint density at radius 3 is 2.43 bits per heavy atom. The topological polar surface area (TPSA) is 79.1 Å². The lowest BCUT2D eigenvalue weighted by atomic mass is 9.96. The van der Waals surface area contributed by atoms with Gasteiger partial charge in [0.25, 0.3) is 0 Å². The molecule has 0 radical (unpaired) electrons. The van der Waals surface area contributed by atoms with Crippen molar-refractivity contribution in [3.05, 3.63) is 30.1 Å². The summed E-state index contributed by atoms with van der Waals surface area (Å²) < 4.78 is 7.18. The Morgan fingerprint density at radius 1 is 1.24 bits per heavy atom. The summed E-state index contributed by atoms with van der Waals surface area (Å²) in [5.74, 6) is 8.06. The van der Waals surface area contributed by atoms with E-state index in [2.05, 4.69) is 25.8 Å². The molecule has 0 aliphatic carbocycles. The zero-order valence-corrected chi connectivity index (χ0v) is 13.3. The number of imidazole rings is 1. The first kappa shape index (κ1) is 15.2. The van der Waals surface area contributed by atoms with E-state index in [-0.39, 0.29) is 11.5 Å². The van der Waals surface area contributed by atoms with Crippen molar-refractivity contribution in [3.8, 4) is 17.0 Å². The minimum absolute atomic E-state index is 0.120. The summed E-state index contributed by atoms with van der Waals surface area (Å²) in [7, 11) is 0. The van der Waals surface area contributed by atoms with Crippen LogP contribution in [-0.2, 0) is 5.41 Å². The first-order valence-corrected chi connectivity index (χ1v) is 7.11. The average Bonchev–Trinajstić information content (AvgIpc) is 2.65. The molecule has 2 aromatic rings. The van der Waals surface area contributed by atoms with Gasteiger partial charge in [-0.2, -0.15) is 0 Å². The van der Waals surface area contributed by atoms with Gasteiger partial charge in [0.15, 0.2) is 5.82 Å². The molecule has 2 rings (SSSR count). The van der Waals surface area contributed by atoms with Crippen LogP contribution < -0.4 is 16.3 Å². The molecule has 0 aliphatic rings. The van der Waals surface area contributed by atoms with Crippen LogP contribution in [0.4, 0.5) is 5.82 Å². The van der Waals surface area contributed by atoms with Crippen LogP contribution >= 0.6 is 0 Å². The Labute approximate surface area is 125 Å². The second-order valence-corrected chi connectivity index (χ2v) is 6.48. The minimum Gasteiger partial charge on any atom is -0.491 e. The Balaban J connectivity index is 2.48. The summed E-state index contributed by atoms with van der Waals surface area (Å²) in [4.78, 5) is 4.63. The number of aromatic nitrogens is 2. The van der Waals surface area contributed by atoms with Gasteiger partial charge >= 0.3 is 0 Å². The van der Waals surface area contributed by atoms with Gasteiger partial charge in [0.1, 0.15) is 17.3 Å². The van der Waals surface area contributed by atoms with E-state index in [0.29, 0.717) is 11.5 Å². The summed E-state index contributed by atoms with van der Waals surface area (Å²) in [6.07, 6.45) is 0.120. The highest BCUT2D eigenvalue weighted by Crippen LogP contribution is 2.31. The largest absolute Gasteiger partial charge is 0.491 e. The number of anilines is 1. The Morgan fingerprint density at radius 2 is 1.90 bits per heavy atom. The number of ether oxygens (including phenoxy) is 1. The molecule has 5 heteroatoms. The van der Waals surface area contributed by atoms with Crippen molar-refractivity contribution in [2.75, 3.05) is 11.6 Å². The van der Waals surface area contributed by atoms with Crippen LogP contribution in [0.5, 0.6) is 5.75 Å². The van der Waals surface area contributed by atoms with Gasteiger partial charge in [0.2, 0.25) is 0 Å². The van der Waals surface area contributed by atoms with E-state index in [1.165, 1.54) is 4.68 Å². The van der Waals surface area contributed by atoms with Gasteiger partial charge in [-0.05, 0) is 26.0 Å². The predicted molar refractivity (Wildman–Crippen MR) is 86.7 cm³/mol. The van der Waals surface area contributed by atoms with E-state index in [1.807, 2.05) is 38.1 Å². The number of nitrogens with two attached hydrogens (primary N) is 2. The van der Waals surface area contributed by atoms with Gasteiger partial charge in [0.05, 0.1) is 6.10 Å². The fraction of sp³-hybridized carbons (Fsp3) is 0.438. The van der Waals surface area contributed by atoms with Crippen molar-refractivity contribution in [2.24, 2.45) is 0 Å². The number of nitrogens with zero attached hydrogens (tertiary/aromatic N) is 2. The third-order valence-corrected chi connectivity index (χ3v) is 3.10. The first-order valence-electron chi connectivity index (χ1n) is 7.11. The summed E-state index contributed by atoms with van der Waals surface area (Å²) in [5, 5.41) is 0. The van der Waals surface area contributed by atoms with Gasteiger partial charge in [-0.25, -0.2) is 9.66 Å². The molecule has 114 valence electrons. The van der Waals surface area contributed by atoms with Gasteiger partial charge in [-0.15, -0.1) is 0 Å². The maximum Gasteiger partial charge on any atom is 0.150 e. The van der Waals surface area contributed by atoms with Crippen molar-refractivity contribution in [3.63, 3.8) is 0 Å². The molecule has 0 spiro atoms. The minimum atomic E-state index is -0.173. The molecule has 0 atom stereocenters. The van der Waals surface area contributed by atoms with Gasteiger partial charge < -0.3 is 16.3 Å². The molecule has 1 aromatic carbocycles. The molecule has 21 heavy (non-hydrogen) atoms. The molecule has 1 aromatic heterocycles. The molecule has 1 heterocycles. The van der Waals surface area contributed by atoms with Gasteiger partial charge in [-0.1, -0.05) is 32.9 Å². The Bertz CT molecular complexity index is 638. The monoisotopic (exact) mass is 288 g/mol. The fourth-order valence-electron chi connectivity index (χ4n) is 2.18. The number of benzene rings is 1. The highest BCUT2D eigenvalue weighted by molar-refractivity contribution is 5.72. The Hall–Kier alpha value is -2.17. The number of nitrogen functional groups attached to an aromatic ring is 2. The summed E-state index contributed by atoms with van der Waals surface area (Å²) in [6, 6.07) is 7.74. The molecule has 0 unspecified atom stereocenters. The van der Waals surface area contributed by atoms with Crippen molar-refractivity contribution in [2.45, 2.75) is 46.1 Å². The highest BCUT2D eigenvalue weighted by Gasteiger charge is 2.24. The van der Waals surface area contributed by atoms with Crippen molar-refractivity contribution < 1.29 is 4.74 Å². The number of hydrogen-bond acceptors (Lipinski definition) is 4. The van der Waals surface area contributed by atoms with Crippen molar-refractivity contribution in [1.29, 1.82) is 0 Å². The van der Waals surface area contributed by atoms with E-state index < -0.39 is 0 Å². The lowest BCUT2D eigenvalue weighted by Gasteiger charge is -2.17. The maximum absolute atomic E-state index is 6.12. The van der Waals surface area contributed by atoms with Gasteiger partial charge in [0, 0.05) is 11.0 Å². The van der Waals surface area contributed by atoms with Crippen LogP contribution in [0.25, 0.3) is 11.3 Å². The second-order valence-electron chi connectivity index (χ2n) is 6.48. The van der Waals surface area contributed by atoms with Crippen LogP contribution in [0.1, 0.15) is 40.4 Å². The quantitative estimate of drug-likeness (QED) is 0.851. The smallest absolute Gasteiger partial charge is 0.150 e. The first-order chi connectivity index (χ1) is 9.70. The van der Waals surface area contributed by atoms with Crippen LogP contribution in [-0.4, -0.2) is 15.8 Å². The lowest BCUT2D eigenvalue weighted by Crippen LogP contribution is -2.24. The molecular weight excluding hydrogens is 264 g/mol. The van der Waals surface area contributed by atoms with Crippen LogP contribution in [0.3, 0.4) is 0 Å². The van der Waals surface area contributed by atoms with E-state index in [4.69, 9.17) is 16.3 Å². The van der Waals surface area contributed by atoms with Crippen LogP contribution in [0.2, 0.25) is 0 Å². The van der Waals surface area contributed by atoms with Gasteiger partial charge in [-0.3, -0.25) is 0 Å². The molecule has 0 aliphatic heterocycles. The average molecular weight is 288 g/mol. The van der Waals surface area contributed by atoms with E-state index in [0.717, 1.165) is 17.1 Å². The molecule has 4 N–H and O–H groups in total. The van der Waals surface area contributed by atoms with Crippen molar-refractivity contribution >= 4 is 5.82 Å². The van der Waals surface area contributed by atoms with E-state index >= 15 is 0 Å². The zero-order valence-electron chi connectivity index (χ0n) is 13.3.